The predicted molar refractivity (Wildman–Crippen MR) is 87.8 cm³/mol. The number of imidazole rings is 1. The fourth-order valence-electron chi connectivity index (χ4n) is 2.80. The van der Waals surface area contributed by atoms with Gasteiger partial charge in [0.15, 0.2) is 5.82 Å². The average molecular weight is 305 g/mol. The number of aromatic amines is 1. The molecule has 0 radical (unpaired) electrons. The number of hydrazone groups is 1. The molecule has 1 aliphatic rings. The van der Waals surface area contributed by atoms with Crippen LogP contribution < -0.4 is 5.43 Å². The minimum atomic E-state index is -0.0405. The first-order valence-electron chi connectivity index (χ1n) is 7.48. The summed E-state index contributed by atoms with van der Waals surface area (Å²) in [6, 6.07) is 11.7. The summed E-state index contributed by atoms with van der Waals surface area (Å²) in [6.45, 7) is 2.01. The molecule has 6 nitrogen and oxygen atoms in total. The summed E-state index contributed by atoms with van der Waals surface area (Å²) in [4.78, 5) is 23.6. The third kappa shape index (κ3) is 2.48. The quantitative estimate of drug-likeness (QED) is 0.763. The lowest BCUT2D eigenvalue weighted by Crippen LogP contribution is -2.31. The van der Waals surface area contributed by atoms with E-state index in [4.69, 9.17) is 0 Å². The first-order valence-corrected chi connectivity index (χ1v) is 7.48. The van der Waals surface area contributed by atoms with E-state index in [-0.39, 0.29) is 11.8 Å². The molecule has 0 spiro atoms. The van der Waals surface area contributed by atoms with Crippen LogP contribution in [0.5, 0.6) is 0 Å². The SMILES string of the molecule is CC1CC(=O)NN=C1c1ccc2nc(-c3ccccn3)[nH]c2c1. The highest BCUT2D eigenvalue weighted by Gasteiger charge is 2.22. The largest absolute Gasteiger partial charge is 0.337 e. The number of fused-ring (bicyclic) bond motifs is 1. The summed E-state index contributed by atoms with van der Waals surface area (Å²) < 4.78 is 0. The Kier molecular flexibility index (Phi) is 3.15. The number of nitrogens with zero attached hydrogens (tertiary/aromatic N) is 3. The number of carbonyl (C=O) groups is 1. The zero-order chi connectivity index (χ0) is 15.8. The second-order valence-electron chi connectivity index (χ2n) is 5.67. The molecule has 1 amide bonds. The van der Waals surface area contributed by atoms with Gasteiger partial charge in [-0.2, -0.15) is 5.10 Å². The molecule has 0 fully saturated rings. The number of hydrogen-bond acceptors (Lipinski definition) is 4. The number of hydrogen-bond donors (Lipinski definition) is 2. The molecule has 0 aliphatic carbocycles. The first-order chi connectivity index (χ1) is 11.2. The van der Waals surface area contributed by atoms with Gasteiger partial charge in [0.05, 0.1) is 16.7 Å². The minimum Gasteiger partial charge on any atom is -0.337 e. The number of carbonyl (C=O) groups excluding carboxylic acids is 1. The van der Waals surface area contributed by atoms with Crippen molar-refractivity contribution in [3.63, 3.8) is 0 Å². The number of benzene rings is 1. The predicted octanol–water partition coefficient (Wildman–Crippen LogP) is 2.49. The molecule has 1 atom stereocenters. The van der Waals surface area contributed by atoms with Crippen LogP contribution in [0, 0.1) is 5.92 Å². The van der Waals surface area contributed by atoms with Gasteiger partial charge in [0.2, 0.25) is 5.91 Å². The van der Waals surface area contributed by atoms with E-state index in [1.54, 1.807) is 6.20 Å². The molecule has 1 unspecified atom stereocenters. The van der Waals surface area contributed by atoms with Crippen LogP contribution in [0.2, 0.25) is 0 Å². The minimum absolute atomic E-state index is 0.0405. The lowest BCUT2D eigenvalue weighted by molar-refractivity contribution is -0.121. The standard InChI is InChI=1S/C17H15N5O/c1-10-8-15(23)21-22-16(10)11-5-6-12-14(9-11)20-17(19-12)13-4-2-3-7-18-13/h2-7,9-10H,8H2,1H3,(H,19,20)(H,21,23). The van der Waals surface area contributed by atoms with E-state index < -0.39 is 0 Å². The summed E-state index contributed by atoms with van der Waals surface area (Å²) in [5.74, 6) is 0.797. The molecule has 23 heavy (non-hydrogen) atoms. The highest BCUT2D eigenvalue weighted by molar-refractivity contribution is 6.07. The third-order valence-electron chi connectivity index (χ3n) is 3.94. The van der Waals surface area contributed by atoms with Crippen LogP contribution in [-0.4, -0.2) is 26.6 Å². The van der Waals surface area contributed by atoms with Crippen molar-refractivity contribution in [3.8, 4) is 11.5 Å². The summed E-state index contributed by atoms with van der Waals surface area (Å²) in [5, 5.41) is 4.20. The number of nitrogens with one attached hydrogen (secondary N) is 2. The van der Waals surface area contributed by atoms with E-state index in [9.17, 15) is 4.79 Å². The molecular formula is C17H15N5O. The van der Waals surface area contributed by atoms with Crippen molar-refractivity contribution in [2.45, 2.75) is 13.3 Å². The molecule has 1 aliphatic heterocycles. The van der Waals surface area contributed by atoms with Crippen molar-refractivity contribution in [2.24, 2.45) is 11.0 Å². The van der Waals surface area contributed by atoms with Crippen LogP contribution in [0.1, 0.15) is 18.9 Å². The molecule has 4 rings (SSSR count). The molecule has 0 saturated carbocycles. The third-order valence-corrected chi connectivity index (χ3v) is 3.94. The summed E-state index contributed by atoms with van der Waals surface area (Å²) in [6.07, 6.45) is 2.20. The van der Waals surface area contributed by atoms with Gasteiger partial charge in [-0.05, 0) is 24.3 Å². The van der Waals surface area contributed by atoms with Gasteiger partial charge in [-0.3, -0.25) is 9.78 Å². The molecule has 2 N–H and O–H groups in total. The van der Waals surface area contributed by atoms with Gasteiger partial charge in [0, 0.05) is 24.1 Å². The topological polar surface area (TPSA) is 83.0 Å². The van der Waals surface area contributed by atoms with Crippen LogP contribution >= 0.6 is 0 Å². The van der Waals surface area contributed by atoms with E-state index in [1.165, 1.54) is 0 Å². The molecule has 3 heterocycles. The zero-order valence-corrected chi connectivity index (χ0v) is 12.6. The van der Waals surface area contributed by atoms with Gasteiger partial charge in [-0.1, -0.05) is 19.1 Å². The Morgan fingerprint density at radius 3 is 2.91 bits per heavy atom. The van der Waals surface area contributed by atoms with E-state index >= 15 is 0 Å². The van der Waals surface area contributed by atoms with Crippen LogP contribution in [0.4, 0.5) is 0 Å². The molecule has 6 heteroatoms. The number of rotatable bonds is 2. The molecule has 114 valence electrons. The molecule has 0 bridgehead atoms. The van der Waals surface area contributed by atoms with Crippen molar-refractivity contribution in [1.82, 2.24) is 20.4 Å². The Hall–Kier alpha value is -3.02. The Labute approximate surface area is 132 Å². The fraction of sp³-hybridized carbons (Fsp3) is 0.176. The Bertz CT molecular complexity index is 913. The normalized spacial score (nSPS) is 17.9. The summed E-state index contributed by atoms with van der Waals surface area (Å²) >= 11 is 0. The monoisotopic (exact) mass is 305 g/mol. The van der Waals surface area contributed by atoms with E-state index in [2.05, 4.69) is 25.5 Å². The Morgan fingerprint density at radius 1 is 1.22 bits per heavy atom. The van der Waals surface area contributed by atoms with Crippen LogP contribution in [0.3, 0.4) is 0 Å². The smallest absolute Gasteiger partial charge is 0.240 e. The van der Waals surface area contributed by atoms with Crippen molar-refractivity contribution in [3.05, 3.63) is 48.2 Å². The van der Waals surface area contributed by atoms with Gasteiger partial charge in [-0.25, -0.2) is 10.4 Å². The number of aromatic nitrogens is 3. The Morgan fingerprint density at radius 2 is 2.13 bits per heavy atom. The fourth-order valence-corrected chi connectivity index (χ4v) is 2.80. The van der Waals surface area contributed by atoms with Gasteiger partial charge in [0.25, 0.3) is 0 Å². The zero-order valence-electron chi connectivity index (χ0n) is 12.6. The molecule has 3 aromatic rings. The van der Waals surface area contributed by atoms with Gasteiger partial charge < -0.3 is 4.98 Å². The number of amides is 1. The van der Waals surface area contributed by atoms with E-state index in [0.717, 1.165) is 33.8 Å². The maximum Gasteiger partial charge on any atom is 0.240 e. The van der Waals surface area contributed by atoms with E-state index in [1.807, 2.05) is 43.3 Å². The molecule has 2 aromatic heterocycles. The highest BCUT2D eigenvalue weighted by Crippen LogP contribution is 2.22. The van der Waals surface area contributed by atoms with Crippen LogP contribution in [0.25, 0.3) is 22.6 Å². The van der Waals surface area contributed by atoms with Crippen molar-refractivity contribution >= 4 is 22.7 Å². The molecular weight excluding hydrogens is 290 g/mol. The van der Waals surface area contributed by atoms with Gasteiger partial charge in [-0.15, -0.1) is 0 Å². The lowest BCUT2D eigenvalue weighted by Gasteiger charge is -2.18. The molecule has 0 saturated heterocycles. The highest BCUT2D eigenvalue weighted by atomic mass is 16.2. The number of pyridine rings is 1. The van der Waals surface area contributed by atoms with Gasteiger partial charge in [0.1, 0.15) is 5.69 Å². The first kappa shape index (κ1) is 13.6. The maximum atomic E-state index is 11.4. The second-order valence-corrected chi connectivity index (χ2v) is 5.67. The van der Waals surface area contributed by atoms with Crippen molar-refractivity contribution in [1.29, 1.82) is 0 Å². The number of H-pyrrole nitrogens is 1. The second kappa shape index (κ2) is 5.31. The van der Waals surface area contributed by atoms with Gasteiger partial charge >= 0.3 is 0 Å². The summed E-state index contributed by atoms with van der Waals surface area (Å²) in [7, 11) is 0. The van der Waals surface area contributed by atoms with Crippen LogP contribution in [0.15, 0.2) is 47.7 Å². The van der Waals surface area contributed by atoms with Crippen LogP contribution in [-0.2, 0) is 4.79 Å². The van der Waals surface area contributed by atoms with E-state index in [0.29, 0.717) is 6.42 Å². The average Bonchev–Trinajstić information content (AvgIpc) is 2.99. The summed E-state index contributed by atoms with van der Waals surface area (Å²) in [5.41, 5.74) is 7.04. The maximum absolute atomic E-state index is 11.4. The van der Waals surface area contributed by atoms with Crippen molar-refractivity contribution < 1.29 is 4.79 Å². The Balaban J connectivity index is 1.75. The van der Waals surface area contributed by atoms with Crippen molar-refractivity contribution in [2.75, 3.05) is 0 Å². The molecule has 1 aromatic carbocycles. The lowest BCUT2D eigenvalue weighted by atomic mass is 9.94.